The summed E-state index contributed by atoms with van der Waals surface area (Å²) in [5.41, 5.74) is 2.92. The van der Waals surface area contributed by atoms with E-state index in [1.807, 2.05) is 31.4 Å². The maximum atomic E-state index is 13.0. The predicted octanol–water partition coefficient (Wildman–Crippen LogP) is 4.24. The minimum Gasteiger partial charge on any atom is -0.493 e. The number of methoxy groups -OCH3 is 3. The third-order valence-corrected chi connectivity index (χ3v) is 6.00. The summed E-state index contributed by atoms with van der Waals surface area (Å²) in [7, 11) is 4.52. The Morgan fingerprint density at radius 1 is 1.16 bits per heavy atom. The molecule has 2 aromatic heterocycles. The van der Waals surface area contributed by atoms with Crippen molar-refractivity contribution in [1.82, 2.24) is 9.88 Å². The molecule has 0 aliphatic heterocycles. The van der Waals surface area contributed by atoms with E-state index in [1.54, 1.807) is 23.5 Å². The van der Waals surface area contributed by atoms with Gasteiger partial charge in [0.05, 0.1) is 39.5 Å². The normalized spacial score (nSPS) is 11.5. The highest BCUT2D eigenvalue weighted by atomic mass is 32.1. The zero-order valence-corrected chi connectivity index (χ0v) is 19.0. The molecular formula is C23H25N3O4S. The van der Waals surface area contributed by atoms with Crippen molar-refractivity contribution in [2.45, 2.75) is 26.4 Å². The first-order chi connectivity index (χ1) is 14.9. The van der Waals surface area contributed by atoms with Crippen molar-refractivity contribution in [3.63, 3.8) is 0 Å². The van der Waals surface area contributed by atoms with Crippen LogP contribution in [0.4, 0.5) is 0 Å². The van der Waals surface area contributed by atoms with E-state index in [0.29, 0.717) is 34.9 Å². The van der Waals surface area contributed by atoms with E-state index < -0.39 is 6.04 Å². The van der Waals surface area contributed by atoms with Gasteiger partial charge in [0, 0.05) is 16.3 Å². The number of amides is 1. The third kappa shape index (κ3) is 4.52. The lowest BCUT2D eigenvalue weighted by Gasteiger charge is -2.17. The van der Waals surface area contributed by atoms with Crippen molar-refractivity contribution in [3.8, 4) is 23.3 Å². The first-order valence-electron chi connectivity index (χ1n) is 9.63. The fourth-order valence-electron chi connectivity index (χ4n) is 3.50. The molecule has 162 valence electrons. The molecule has 2 heterocycles. The van der Waals surface area contributed by atoms with Gasteiger partial charge in [0.25, 0.3) is 5.91 Å². The van der Waals surface area contributed by atoms with Crippen molar-refractivity contribution in [2.75, 3.05) is 21.3 Å². The number of benzene rings is 1. The minimum atomic E-state index is -0.887. The number of thiophene rings is 1. The molecule has 31 heavy (non-hydrogen) atoms. The van der Waals surface area contributed by atoms with Crippen LogP contribution in [0.2, 0.25) is 0 Å². The number of carbonyl (C=O) groups excluding carboxylic acids is 1. The standard InChI is InChI=1S/C23H25N3O4S/c1-14-9-18(15(2)26(14)13-17-7-6-8-31-17)23(27)25-19(12-24)16-10-20(28-3)22(30-5)21(11-16)29-4/h6-11,19H,13H2,1-5H3,(H,25,27). The molecule has 0 spiro atoms. The van der Waals surface area contributed by atoms with Crippen LogP contribution >= 0.6 is 11.3 Å². The third-order valence-electron chi connectivity index (χ3n) is 5.14. The van der Waals surface area contributed by atoms with Gasteiger partial charge in [-0.05, 0) is 49.1 Å². The second-order valence-electron chi connectivity index (χ2n) is 6.94. The number of rotatable bonds is 8. The molecule has 1 aromatic carbocycles. The SMILES string of the molecule is COc1cc(C(C#N)NC(=O)c2cc(C)n(Cc3cccs3)c2C)cc(OC)c1OC. The van der Waals surface area contributed by atoms with Crippen LogP contribution in [0.25, 0.3) is 0 Å². The van der Waals surface area contributed by atoms with Crippen LogP contribution < -0.4 is 19.5 Å². The lowest BCUT2D eigenvalue weighted by Crippen LogP contribution is -2.28. The molecule has 0 fully saturated rings. The number of hydrogen-bond acceptors (Lipinski definition) is 6. The average molecular weight is 440 g/mol. The van der Waals surface area contributed by atoms with Gasteiger partial charge in [-0.25, -0.2) is 0 Å². The molecule has 3 rings (SSSR count). The number of aromatic nitrogens is 1. The molecule has 7 nitrogen and oxygen atoms in total. The fourth-order valence-corrected chi connectivity index (χ4v) is 4.19. The van der Waals surface area contributed by atoms with E-state index in [4.69, 9.17) is 14.2 Å². The van der Waals surface area contributed by atoms with E-state index in [2.05, 4.69) is 22.0 Å². The van der Waals surface area contributed by atoms with Crippen LogP contribution in [0.5, 0.6) is 17.2 Å². The summed E-state index contributed by atoms with van der Waals surface area (Å²) >= 11 is 1.68. The van der Waals surface area contributed by atoms with E-state index in [-0.39, 0.29) is 5.91 Å². The average Bonchev–Trinajstić information content (AvgIpc) is 3.40. The number of nitrogens with zero attached hydrogens (tertiary/aromatic N) is 2. The molecule has 8 heteroatoms. The Morgan fingerprint density at radius 3 is 2.35 bits per heavy atom. The van der Waals surface area contributed by atoms with Crippen LogP contribution in [0.15, 0.2) is 35.7 Å². The molecule has 3 aromatic rings. The summed E-state index contributed by atoms with van der Waals surface area (Å²) in [6.45, 7) is 4.59. The van der Waals surface area contributed by atoms with Gasteiger partial charge in [-0.1, -0.05) is 6.07 Å². The number of carbonyl (C=O) groups is 1. The van der Waals surface area contributed by atoms with Crippen LogP contribution in [-0.4, -0.2) is 31.8 Å². The van der Waals surface area contributed by atoms with Crippen LogP contribution in [0.1, 0.15) is 38.2 Å². The number of nitriles is 1. The monoisotopic (exact) mass is 439 g/mol. The van der Waals surface area contributed by atoms with Crippen molar-refractivity contribution in [3.05, 3.63) is 63.1 Å². The van der Waals surface area contributed by atoms with E-state index in [1.165, 1.54) is 26.2 Å². The van der Waals surface area contributed by atoms with Crippen molar-refractivity contribution >= 4 is 17.2 Å². The largest absolute Gasteiger partial charge is 0.493 e. The number of hydrogen-bond donors (Lipinski definition) is 1. The minimum absolute atomic E-state index is 0.314. The molecular weight excluding hydrogens is 414 g/mol. The fraction of sp³-hybridized carbons (Fsp3) is 0.304. The Balaban J connectivity index is 1.88. The molecule has 0 radical (unpaired) electrons. The van der Waals surface area contributed by atoms with Gasteiger partial charge in [-0.15, -0.1) is 11.3 Å². The number of nitrogens with one attached hydrogen (secondary N) is 1. The summed E-state index contributed by atoms with van der Waals surface area (Å²) < 4.78 is 18.2. The highest BCUT2D eigenvalue weighted by molar-refractivity contribution is 7.09. The lowest BCUT2D eigenvalue weighted by atomic mass is 10.1. The first kappa shape index (κ1) is 22.2. The maximum Gasteiger partial charge on any atom is 0.254 e. The van der Waals surface area contributed by atoms with E-state index in [9.17, 15) is 10.1 Å². The molecule has 1 N–H and O–H groups in total. The zero-order chi connectivity index (χ0) is 22.5. The summed E-state index contributed by atoms with van der Waals surface area (Å²) in [5, 5.41) is 14.6. The zero-order valence-electron chi connectivity index (χ0n) is 18.2. The van der Waals surface area contributed by atoms with Gasteiger partial charge < -0.3 is 24.1 Å². The Bertz CT molecular complexity index is 1090. The Kier molecular flexibility index (Phi) is 6.88. The second-order valence-corrected chi connectivity index (χ2v) is 7.98. The maximum absolute atomic E-state index is 13.0. The predicted molar refractivity (Wildman–Crippen MR) is 119 cm³/mol. The number of aryl methyl sites for hydroxylation is 1. The molecule has 1 amide bonds. The molecule has 0 bridgehead atoms. The summed E-state index contributed by atoms with van der Waals surface area (Å²) in [5.74, 6) is 0.945. The molecule has 0 aliphatic carbocycles. The quantitative estimate of drug-likeness (QED) is 0.568. The lowest BCUT2D eigenvalue weighted by molar-refractivity contribution is 0.0944. The van der Waals surface area contributed by atoms with Crippen molar-refractivity contribution in [2.24, 2.45) is 0 Å². The smallest absolute Gasteiger partial charge is 0.254 e. The van der Waals surface area contributed by atoms with Gasteiger partial charge in [0.2, 0.25) is 5.75 Å². The topological polar surface area (TPSA) is 85.5 Å². The van der Waals surface area contributed by atoms with E-state index >= 15 is 0 Å². The highest BCUT2D eigenvalue weighted by Crippen LogP contribution is 2.39. The van der Waals surface area contributed by atoms with Crippen molar-refractivity contribution in [1.29, 1.82) is 5.26 Å². The summed E-state index contributed by atoms with van der Waals surface area (Å²) in [4.78, 5) is 14.3. The molecule has 1 atom stereocenters. The van der Waals surface area contributed by atoms with Crippen LogP contribution in [0.3, 0.4) is 0 Å². The van der Waals surface area contributed by atoms with Gasteiger partial charge in [0.15, 0.2) is 11.5 Å². The van der Waals surface area contributed by atoms with Gasteiger partial charge in [-0.2, -0.15) is 5.26 Å². The number of ether oxygens (including phenoxy) is 3. The van der Waals surface area contributed by atoms with Gasteiger partial charge in [-0.3, -0.25) is 4.79 Å². The van der Waals surface area contributed by atoms with Gasteiger partial charge in [0.1, 0.15) is 6.04 Å². The Morgan fingerprint density at radius 2 is 1.84 bits per heavy atom. The summed E-state index contributed by atoms with van der Waals surface area (Å²) in [6.07, 6.45) is 0. The molecule has 0 aliphatic rings. The first-order valence-corrected chi connectivity index (χ1v) is 10.5. The second kappa shape index (κ2) is 9.58. The molecule has 0 saturated carbocycles. The van der Waals surface area contributed by atoms with Gasteiger partial charge >= 0.3 is 0 Å². The van der Waals surface area contributed by atoms with Crippen LogP contribution in [0, 0.1) is 25.2 Å². The molecule has 0 saturated heterocycles. The summed E-state index contributed by atoms with van der Waals surface area (Å²) in [6, 6.07) is 10.5. The van der Waals surface area contributed by atoms with E-state index in [0.717, 1.165) is 11.4 Å². The Hall–Kier alpha value is -3.44. The Labute approximate surface area is 185 Å². The van der Waals surface area contributed by atoms with Crippen LogP contribution in [-0.2, 0) is 6.54 Å². The van der Waals surface area contributed by atoms with Crippen molar-refractivity contribution < 1.29 is 19.0 Å². The highest BCUT2D eigenvalue weighted by Gasteiger charge is 2.23. The molecule has 1 unspecified atom stereocenters.